The van der Waals surface area contributed by atoms with E-state index in [2.05, 4.69) is 25.0 Å². The lowest BCUT2D eigenvalue weighted by Crippen LogP contribution is -2.26. The van der Waals surface area contributed by atoms with Crippen LogP contribution in [-0.4, -0.2) is 38.0 Å². The van der Waals surface area contributed by atoms with E-state index in [9.17, 15) is 13.2 Å². The van der Waals surface area contributed by atoms with Crippen LogP contribution < -0.4 is 10.0 Å². The maximum absolute atomic E-state index is 12.0. The molecule has 1 aromatic carbocycles. The highest BCUT2D eigenvalue weighted by molar-refractivity contribution is 7.89. The van der Waals surface area contributed by atoms with Gasteiger partial charge in [0.25, 0.3) is 0 Å². The number of carbonyl (C=O) groups is 1. The minimum Gasteiger partial charge on any atom is -0.449 e. The molecule has 0 saturated carbocycles. The van der Waals surface area contributed by atoms with Gasteiger partial charge in [-0.15, -0.1) is 0 Å². The summed E-state index contributed by atoms with van der Waals surface area (Å²) in [4.78, 5) is 11.7. The van der Waals surface area contributed by atoms with Crippen molar-refractivity contribution < 1.29 is 22.6 Å². The number of amides is 1. The van der Waals surface area contributed by atoms with Crippen molar-refractivity contribution in [3.05, 3.63) is 35.5 Å². The average molecular weight is 354 g/mol. The van der Waals surface area contributed by atoms with Crippen molar-refractivity contribution in [3.63, 3.8) is 0 Å². The summed E-state index contributed by atoms with van der Waals surface area (Å²) in [5.41, 5.74) is 1.41. The van der Waals surface area contributed by atoms with E-state index < -0.39 is 16.1 Å². The molecule has 0 atom stereocenters. The molecule has 2 aromatic rings. The summed E-state index contributed by atoms with van der Waals surface area (Å²) in [5.74, 6) is 0.181. The third-order valence-corrected chi connectivity index (χ3v) is 4.53. The number of nitrogens with one attached hydrogen (secondary N) is 2. The van der Waals surface area contributed by atoms with Crippen LogP contribution in [0.4, 0.5) is 10.6 Å². The van der Waals surface area contributed by atoms with Crippen molar-refractivity contribution in [2.24, 2.45) is 0 Å². The van der Waals surface area contributed by atoms with Crippen molar-refractivity contribution >= 4 is 21.9 Å². The Labute approximate surface area is 139 Å². The van der Waals surface area contributed by atoms with E-state index >= 15 is 0 Å². The second kappa shape index (κ2) is 7.88. The lowest BCUT2D eigenvalue weighted by Gasteiger charge is -2.08. The monoisotopic (exact) mass is 354 g/mol. The molecule has 2 N–H and O–H groups in total. The molecular weight excluding hydrogens is 336 g/mol. The molecular formula is C14H18N4O5S. The average Bonchev–Trinajstić information content (AvgIpc) is 2.92. The first-order valence-electron chi connectivity index (χ1n) is 7.18. The summed E-state index contributed by atoms with van der Waals surface area (Å²) >= 11 is 0. The van der Waals surface area contributed by atoms with Gasteiger partial charge in [-0.25, -0.2) is 22.6 Å². The number of carbonyl (C=O) groups excluding carboxylic acids is 1. The largest absolute Gasteiger partial charge is 0.449 e. The second-order valence-electron chi connectivity index (χ2n) is 5.02. The van der Waals surface area contributed by atoms with Gasteiger partial charge in [0.2, 0.25) is 15.8 Å². The predicted molar refractivity (Wildman–Crippen MR) is 85.0 cm³/mol. The molecule has 9 nitrogen and oxygen atoms in total. The Hall–Kier alpha value is -2.46. The lowest BCUT2D eigenvalue weighted by atomic mass is 10.2. The lowest BCUT2D eigenvalue weighted by molar-refractivity contribution is 0.160. The molecule has 0 fully saturated rings. The first-order valence-corrected chi connectivity index (χ1v) is 8.66. The first-order chi connectivity index (χ1) is 11.4. The minimum atomic E-state index is -3.56. The van der Waals surface area contributed by atoms with Crippen molar-refractivity contribution in [3.8, 4) is 0 Å². The molecule has 1 aromatic heterocycles. The van der Waals surface area contributed by atoms with Gasteiger partial charge in [-0.05, 0) is 37.6 Å². The molecule has 0 saturated heterocycles. The summed E-state index contributed by atoms with van der Waals surface area (Å²) < 4.78 is 35.9. The fourth-order valence-electron chi connectivity index (χ4n) is 1.72. The van der Waals surface area contributed by atoms with Gasteiger partial charge in [-0.3, -0.25) is 5.32 Å². The second-order valence-corrected chi connectivity index (χ2v) is 6.79. The van der Waals surface area contributed by atoms with Gasteiger partial charge in [-0.1, -0.05) is 22.9 Å². The van der Waals surface area contributed by atoms with Crippen LogP contribution in [-0.2, 0) is 14.8 Å². The highest BCUT2D eigenvalue weighted by Crippen LogP contribution is 2.10. The summed E-state index contributed by atoms with van der Waals surface area (Å²) in [5, 5.41) is 9.35. The Morgan fingerprint density at radius 1 is 1.21 bits per heavy atom. The number of nitrogens with zero attached hydrogens (tertiary/aromatic N) is 2. The standard InChI is InChI=1S/C14H18N4O5S/c1-10-4-6-12(7-5-10)24(20,21)15-8-3-9-22-14(19)16-13-11(2)17-23-18-13/h4-7,15H,3,8-9H2,1-2H3,(H,16,18,19). The number of hydrogen-bond acceptors (Lipinski definition) is 7. The Morgan fingerprint density at radius 3 is 2.54 bits per heavy atom. The Balaban J connectivity index is 1.70. The molecule has 0 radical (unpaired) electrons. The van der Waals surface area contributed by atoms with Crippen molar-refractivity contribution in [2.75, 3.05) is 18.5 Å². The number of aromatic nitrogens is 2. The van der Waals surface area contributed by atoms with E-state index in [1.165, 1.54) is 12.1 Å². The SMILES string of the molecule is Cc1ccc(S(=O)(=O)NCCCOC(=O)Nc2nonc2C)cc1. The van der Waals surface area contributed by atoms with Crippen LogP contribution in [0.1, 0.15) is 17.7 Å². The molecule has 0 spiro atoms. The molecule has 0 aliphatic rings. The Morgan fingerprint density at radius 2 is 1.92 bits per heavy atom. The molecule has 1 amide bonds. The fourth-order valence-corrected chi connectivity index (χ4v) is 2.80. The topological polar surface area (TPSA) is 123 Å². The van der Waals surface area contributed by atoms with Crippen LogP contribution in [0.2, 0.25) is 0 Å². The highest BCUT2D eigenvalue weighted by atomic mass is 32.2. The van der Waals surface area contributed by atoms with Crippen molar-refractivity contribution in [1.29, 1.82) is 0 Å². The zero-order valence-electron chi connectivity index (χ0n) is 13.3. The number of hydrogen-bond donors (Lipinski definition) is 2. The van der Waals surface area contributed by atoms with Gasteiger partial charge in [0, 0.05) is 6.54 Å². The molecule has 10 heteroatoms. The summed E-state index contributed by atoms with van der Waals surface area (Å²) in [6.45, 7) is 3.69. The van der Waals surface area contributed by atoms with Gasteiger partial charge in [0.15, 0.2) is 0 Å². The fraction of sp³-hybridized carbons (Fsp3) is 0.357. The Bertz CT molecular complexity index is 786. The smallest absolute Gasteiger partial charge is 0.412 e. The molecule has 130 valence electrons. The third-order valence-electron chi connectivity index (χ3n) is 3.05. The maximum atomic E-state index is 12.0. The van der Waals surface area contributed by atoms with Crippen LogP contribution in [0.3, 0.4) is 0 Å². The van der Waals surface area contributed by atoms with E-state index in [0.717, 1.165) is 5.56 Å². The number of aryl methyl sites for hydroxylation is 2. The highest BCUT2D eigenvalue weighted by Gasteiger charge is 2.13. The maximum Gasteiger partial charge on any atom is 0.412 e. The van der Waals surface area contributed by atoms with E-state index in [-0.39, 0.29) is 23.9 Å². The van der Waals surface area contributed by atoms with Crippen LogP contribution in [0.15, 0.2) is 33.8 Å². The molecule has 2 rings (SSSR count). The van der Waals surface area contributed by atoms with Gasteiger partial charge in [-0.2, -0.15) is 0 Å². The normalized spacial score (nSPS) is 11.2. The summed E-state index contributed by atoms with van der Waals surface area (Å²) in [7, 11) is -3.56. The molecule has 24 heavy (non-hydrogen) atoms. The quantitative estimate of drug-likeness (QED) is 0.724. The van der Waals surface area contributed by atoms with Gasteiger partial charge < -0.3 is 4.74 Å². The van der Waals surface area contributed by atoms with Gasteiger partial charge in [0.05, 0.1) is 11.5 Å². The van der Waals surface area contributed by atoms with Crippen LogP contribution in [0.25, 0.3) is 0 Å². The van der Waals surface area contributed by atoms with Crippen LogP contribution in [0.5, 0.6) is 0 Å². The molecule has 0 aliphatic heterocycles. The van der Waals surface area contributed by atoms with E-state index in [1.54, 1.807) is 19.1 Å². The molecule has 0 bridgehead atoms. The zero-order valence-corrected chi connectivity index (χ0v) is 14.1. The minimum absolute atomic E-state index is 0.0482. The molecule has 0 aliphatic carbocycles. The van der Waals surface area contributed by atoms with E-state index in [4.69, 9.17) is 4.74 Å². The van der Waals surface area contributed by atoms with Crippen LogP contribution >= 0.6 is 0 Å². The van der Waals surface area contributed by atoms with Gasteiger partial charge >= 0.3 is 6.09 Å². The zero-order chi connectivity index (χ0) is 17.6. The van der Waals surface area contributed by atoms with E-state index in [0.29, 0.717) is 12.1 Å². The predicted octanol–water partition coefficient (Wildman–Crippen LogP) is 1.60. The van der Waals surface area contributed by atoms with Crippen molar-refractivity contribution in [2.45, 2.75) is 25.2 Å². The third kappa shape index (κ3) is 5.03. The van der Waals surface area contributed by atoms with Gasteiger partial charge in [0.1, 0.15) is 5.69 Å². The number of anilines is 1. The molecule has 1 heterocycles. The Kier molecular flexibility index (Phi) is 5.88. The first kappa shape index (κ1) is 17.9. The number of ether oxygens (including phenoxy) is 1. The van der Waals surface area contributed by atoms with Crippen LogP contribution in [0, 0.1) is 13.8 Å². The summed E-state index contributed by atoms with van der Waals surface area (Å²) in [6.07, 6.45) is -0.385. The number of sulfonamides is 1. The summed E-state index contributed by atoms with van der Waals surface area (Å²) in [6, 6.07) is 6.53. The number of rotatable bonds is 7. The molecule has 0 unspecified atom stereocenters. The van der Waals surface area contributed by atoms with E-state index in [1.807, 2.05) is 6.92 Å². The number of benzene rings is 1. The van der Waals surface area contributed by atoms with Crippen molar-refractivity contribution in [1.82, 2.24) is 15.0 Å².